The summed E-state index contributed by atoms with van der Waals surface area (Å²) >= 11 is 3.52. The molecule has 1 spiro atoms. The summed E-state index contributed by atoms with van der Waals surface area (Å²) in [6.07, 6.45) is 5.96. The molecule has 4 heterocycles. The standard InChI is InChI=1S/C26H36BrN3O7/c1-15(2)29-10-6-4-5-9-18(32)28-14-16(3)36-25(35)19-20-23(33)30(11-7-8-12-31)22(24(29)34)26(20)13-17(27)21(19)37-26/h4,6,13,15-16,19-22,31H,5,7-12,14H2,1-3H3,(H,28,32)/b6-4-/t16-,19+,20-,21+,22+,26-/m1/s1. The lowest BCUT2D eigenvalue weighted by atomic mass is 9.74. The SMILES string of the molecule is CC(C)N1C/C=C\CCC(=O)NC[C@@H](C)OC(=O)[C@@H]2[C@H]3O[C@@]4(C=C3Br)[C@H](C1=O)N(CCCCO)C(=O)[C@@H]24. The molecule has 0 saturated carbocycles. The van der Waals surface area contributed by atoms with Crippen molar-refractivity contribution in [1.29, 1.82) is 0 Å². The molecule has 10 nitrogen and oxygen atoms in total. The fraction of sp³-hybridized carbons (Fsp3) is 0.692. The zero-order valence-electron chi connectivity index (χ0n) is 21.5. The van der Waals surface area contributed by atoms with E-state index in [0.29, 0.717) is 30.3 Å². The maximum Gasteiger partial charge on any atom is 0.313 e. The molecule has 204 valence electrons. The number of halogens is 1. The van der Waals surface area contributed by atoms with E-state index in [9.17, 15) is 24.3 Å². The molecular formula is C26H36BrN3O7. The van der Waals surface area contributed by atoms with Crippen LogP contribution in [0.5, 0.6) is 0 Å². The Kier molecular flexibility index (Phi) is 8.45. The summed E-state index contributed by atoms with van der Waals surface area (Å²) in [4.78, 5) is 56.9. The van der Waals surface area contributed by atoms with E-state index in [2.05, 4.69) is 21.2 Å². The van der Waals surface area contributed by atoms with Gasteiger partial charge in [0.2, 0.25) is 17.7 Å². The number of unbranched alkanes of at least 4 members (excludes halogenated alkanes) is 1. The van der Waals surface area contributed by atoms with Crippen LogP contribution in [-0.2, 0) is 28.7 Å². The second-order valence-electron chi connectivity index (χ2n) is 10.4. The van der Waals surface area contributed by atoms with Gasteiger partial charge in [-0.1, -0.05) is 28.1 Å². The summed E-state index contributed by atoms with van der Waals surface area (Å²) in [5.74, 6) is -3.16. The van der Waals surface area contributed by atoms with Crippen LogP contribution in [0.4, 0.5) is 0 Å². The molecule has 2 fully saturated rings. The highest BCUT2D eigenvalue weighted by Gasteiger charge is 2.74. The van der Waals surface area contributed by atoms with E-state index >= 15 is 0 Å². The summed E-state index contributed by atoms with van der Waals surface area (Å²) < 4.78 is 12.7. The number of carbonyl (C=O) groups is 4. The smallest absolute Gasteiger partial charge is 0.313 e. The first-order chi connectivity index (χ1) is 17.6. The van der Waals surface area contributed by atoms with Gasteiger partial charge in [-0.15, -0.1) is 0 Å². The number of amides is 3. The van der Waals surface area contributed by atoms with Gasteiger partial charge in [0.05, 0.1) is 12.5 Å². The lowest BCUT2D eigenvalue weighted by Gasteiger charge is -2.37. The fourth-order valence-corrected chi connectivity index (χ4v) is 6.53. The molecular weight excluding hydrogens is 546 g/mol. The van der Waals surface area contributed by atoms with Crippen molar-refractivity contribution in [3.05, 3.63) is 22.7 Å². The van der Waals surface area contributed by atoms with Gasteiger partial charge in [0.25, 0.3) is 0 Å². The van der Waals surface area contributed by atoms with Gasteiger partial charge in [0, 0.05) is 36.6 Å². The van der Waals surface area contributed by atoms with E-state index < -0.39 is 41.7 Å². The average Bonchev–Trinajstić information content (AvgIpc) is 3.42. The van der Waals surface area contributed by atoms with E-state index in [4.69, 9.17) is 9.47 Å². The molecule has 37 heavy (non-hydrogen) atoms. The van der Waals surface area contributed by atoms with E-state index in [1.807, 2.05) is 26.0 Å². The number of cyclic esters (lactones) is 1. The number of aliphatic hydroxyl groups excluding tert-OH is 1. The van der Waals surface area contributed by atoms with Crippen LogP contribution in [0.25, 0.3) is 0 Å². The predicted molar refractivity (Wildman–Crippen MR) is 137 cm³/mol. The Labute approximate surface area is 225 Å². The molecule has 4 aliphatic heterocycles. The topological polar surface area (TPSA) is 125 Å². The highest BCUT2D eigenvalue weighted by molar-refractivity contribution is 9.11. The van der Waals surface area contributed by atoms with Crippen LogP contribution in [0.3, 0.4) is 0 Å². The first-order valence-electron chi connectivity index (χ1n) is 13.0. The number of carbonyl (C=O) groups excluding carboxylic acids is 4. The molecule has 3 amide bonds. The third kappa shape index (κ3) is 5.09. The first kappa shape index (κ1) is 27.8. The van der Waals surface area contributed by atoms with Crippen LogP contribution in [0.1, 0.15) is 46.5 Å². The number of hydrogen-bond donors (Lipinski definition) is 2. The number of hydrogen-bond acceptors (Lipinski definition) is 7. The lowest BCUT2D eigenvalue weighted by molar-refractivity contribution is -0.158. The van der Waals surface area contributed by atoms with Gasteiger partial charge < -0.3 is 29.7 Å². The Balaban J connectivity index is 1.77. The molecule has 11 heteroatoms. The first-order valence-corrected chi connectivity index (χ1v) is 13.8. The molecule has 0 unspecified atom stereocenters. The minimum atomic E-state index is -1.30. The van der Waals surface area contributed by atoms with Crippen molar-refractivity contribution >= 4 is 39.6 Å². The van der Waals surface area contributed by atoms with Crippen molar-refractivity contribution < 1.29 is 33.8 Å². The monoisotopic (exact) mass is 581 g/mol. The Morgan fingerprint density at radius 1 is 1.19 bits per heavy atom. The molecule has 0 aromatic heterocycles. The molecule has 4 aliphatic rings. The van der Waals surface area contributed by atoms with Crippen molar-refractivity contribution in [3.63, 3.8) is 0 Å². The van der Waals surface area contributed by atoms with Gasteiger partial charge in [-0.05, 0) is 46.1 Å². The Bertz CT molecular complexity index is 999. The summed E-state index contributed by atoms with van der Waals surface area (Å²) in [6, 6.07) is -1.12. The van der Waals surface area contributed by atoms with Crippen LogP contribution >= 0.6 is 15.9 Å². The van der Waals surface area contributed by atoms with Gasteiger partial charge in [-0.3, -0.25) is 19.2 Å². The van der Waals surface area contributed by atoms with E-state index in [0.717, 1.165) is 0 Å². The van der Waals surface area contributed by atoms with Crippen LogP contribution in [-0.4, -0.2) is 94.7 Å². The number of ether oxygens (including phenoxy) is 2. The van der Waals surface area contributed by atoms with Crippen molar-refractivity contribution in [2.24, 2.45) is 11.8 Å². The van der Waals surface area contributed by atoms with Crippen LogP contribution in [0.15, 0.2) is 22.7 Å². The number of likely N-dealkylation sites (tertiary alicyclic amines) is 1. The minimum absolute atomic E-state index is 0.0223. The predicted octanol–water partition coefficient (Wildman–Crippen LogP) is 1.27. The highest BCUT2D eigenvalue weighted by atomic mass is 79.9. The molecule has 4 rings (SSSR count). The number of allylic oxidation sites excluding steroid dienone is 1. The summed E-state index contributed by atoms with van der Waals surface area (Å²) in [7, 11) is 0. The second kappa shape index (κ2) is 11.2. The number of nitrogens with one attached hydrogen (secondary N) is 1. The molecule has 2 saturated heterocycles. The summed E-state index contributed by atoms with van der Waals surface area (Å²) in [6.45, 7) is 6.21. The van der Waals surface area contributed by atoms with Crippen LogP contribution in [0.2, 0.25) is 0 Å². The zero-order valence-corrected chi connectivity index (χ0v) is 23.1. The van der Waals surface area contributed by atoms with Gasteiger partial charge in [0.15, 0.2) is 0 Å². The van der Waals surface area contributed by atoms with Crippen LogP contribution < -0.4 is 5.32 Å². The molecule has 0 aliphatic carbocycles. The van der Waals surface area contributed by atoms with E-state index in [-0.39, 0.29) is 49.9 Å². The Morgan fingerprint density at radius 3 is 2.65 bits per heavy atom. The normalized spacial score (nSPS) is 35.5. The Morgan fingerprint density at radius 2 is 1.95 bits per heavy atom. The summed E-state index contributed by atoms with van der Waals surface area (Å²) in [5.41, 5.74) is -1.30. The third-order valence-electron chi connectivity index (χ3n) is 7.56. The average molecular weight is 582 g/mol. The van der Waals surface area contributed by atoms with Crippen molar-refractivity contribution in [3.8, 4) is 0 Å². The van der Waals surface area contributed by atoms with Crippen molar-refractivity contribution in [1.82, 2.24) is 15.1 Å². The van der Waals surface area contributed by atoms with Gasteiger partial charge in [-0.25, -0.2) is 0 Å². The number of esters is 1. The number of aliphatic hydroxyl groups is 1. The van der Waals surface area contributed by atoms with Gasteiger partial charge >= 0.3 is 5.97 Å². The maximum atomic E-state index is 14.2. The quantitative estimate of drug-likeness (QED) is 0.284. The molecule has 0 aromatic rings. The molecule has 2 N–H and O–H groups in total. The summed E-state index contributed by atoms with van der Waals surface area (Å²) in [5, 5.41) is 12.1. The molecule has 0 radical (unpaired) electrons. The third-order valence-corrected chi connectivity index (χ3v) is 8.24. The Hall–Kier alpha value is -2.24. The van der Waals surface area contributed by atoms with E-state index in [1.165, 1.54) is 4.90 Å². The zero-order chi connectivity index (χ0) is 26.9. The molecule has 5 bridgehead atoms. The van der Waals surface area contributed by atoms with Crippen molar-refractivity contribution in [2.45, 2.75) is 76.3 Å². The van der Waals surface area contributed by atoms with Gasteiger partial charge in [0.1, 0.15) is 29.8 Å². The fourth-order valence-electron chi connectivity index (χ4n) is 5.80. The highest BCUT2D eigenvalue weighted by Crippen LogP contribution is 2.58. The lowest BCUT2D eigenvalue weighted by Crippen LogP contribution is -2.57. The number of nitrogens with zero attached hydrogens (tertiary/aromatic N) is 2. The van der Waals surface area contributed by atoms with Gasteiger partial charge in [-0.2, -0.15) is 0 Å². The van der Waals surface area contributed by atoms with Crippen LogP contribution in [0, 0.1) is 11.8 Å². The maximum absolute atomic E-state index is 14.2. The second-order valence-corrected chi connectivity index (χ2v) is 11.4. The largest absolute Gasteiger partial charge is 0.460 e. The minimum Gasteiger partial charge on any atom is -0.460 e. The molecule has 6 atom stereocenters. The number of rotatable bonds is 5. The van der Waals surface area contributed by atoms with E-state index in [1.54, 1.807) is 17.9 Å². The number of fused-ring (bicyclic) bond motifs is 2. The van der Waals surface area contributed by atoms with Crippen molar-refractivity contribution in [2.75, 3.05) is 26.2 Å². The molecule has 0 aromatic carbocycles.